The predicted molar refractivity (Wildman–Crippen MR) is 71.9 cm³/mol. The molecule has 1 rings (SSSR count). The number of aliphatic imine (C=N–C) groups is 2. The molecule has 16 heavy (non-hydrogen) atoms. The second kappa shape index (κ2) is 5.81. The van der Waals surface area contributed by atoms with Crippen molar-refractivity contribution in [1.29, 1.82) is 0 Å². The molecule has 0 N–H and O–H groups in total. The lowest BCUT2D eigenvalue weighted by atomic mass is 9.93. The van der Waals surface area contributed by atoms with Crippen molar-refractivity contribution in [3.63, 3.8) is 0 Å². The van der Waals surface area contributed by atoms with Gasteiger partial charge < -0.3 is 0 Å². The van der Waals surface area contributed by atoms with Crippen molar-refractivity contribution in [3.05, 3.63) is 61.0 Å². The van der Waals surface area contributed by atoms with Crippen LogP contribution in [0, 0.1) is 0 Å². The maximum Gasteiger partial charge on any atom is 0.0960 e. The summed E-state index contributed by atoms with van der Waals surface area (Å²) in [6.07, 6.45) is 11.1. The van der Waals surface area contributed by atoms with E-state index in [1.165, 1.54) is 6.20 Å². The van der Waals surface area contributed by atoms with Crippen LogP contribution in [0.5, 0.6) is 0 Å². The first kappa shape index (κ1) is 12.1. The molecule has 0 bridgehead atoms. The molecule has 0 saturated carbocycles. The van der Waals surface area contributed by atoms with E-state index < -0.39 is 0 Å². The first-order valence-corrected chi connectivity index (χ1v) is 5.16. The summed E-state index contributed by atoms with van der Waals surface area (Å²) in [4.78, 5) is 8.60. The molecular weight excluding hydrogens is 196 g/mol. The lowest BCUT2D eigenvalue weighted by molar-refractivity contribution is 1.48. The summed E-state index contributed by atoms with van der Waals surface area (Å²) in [5.41, 5.74) is 3.52. The second-order valence-corrected chi connectivity index (χ2v) is 3.22. The van der Waals surface area contributed by atoms with Gasteiger partial charge in [-0.15, -0.1) is 0 Å². The van der Waals surface area contributed by atoms with Crippen molar-refractivity contribution in [3.8, 4) is 0 Å². The van der Waals surface area contributed by atoms with Gasteiger partial charge in [-0.25, -0.2) is 0 Å². The zero-order valence-corrected chi connectivity index (χ0v) is 9.77. The minimum atomic E-state index is 0.781. The van der Waals surface area contributed by atoms with Crippen molar-refractivity contribution in [1.82, 2.24) is 0 Å². The Balaban J connectivity index is 3.34. The molecule has 0 saturated heterocycles. The van der Waals surface area contributed by atoms with Gasteiger partial charge in [-0.1, -0.05) is 37.5 Å². The van der Waals surface area contributed by atoms with Crippen LogP contribution in [0.1, 0.15) is 13.8 Å². The fraction of sp³-hybridized carbons (Fsp3) is 0.143. The predicted octanol–water partition coefficient (Wildman–Crippen LogP) is 3.62. The largest absolute Gasteiger partial charge is 0.255 e. The van der Waals surface area contributed by atoms with E-state index in [9.17, 15) is 0 Å². The Labute approximate surface area is 96.8 Å². The highest BCUT2D eigenvalue weighted by molar-refractivity contribution is 6.55. The molecule has 82 valence electrons. The van der Waals surface area contributed by atoms with E-state index in [4.69, 9.17) is 0 Å². The summed E-state index contributed by atoms with van der Waals surface area (Å²) in [6, 6.07) is 0. The van der Waals surface area contributed by atoms with E-state index in [0.717, 1.165) is 22.6 Å². The molecule has 1 aliphatic rings. The molecule has 0 amide bonds. The summed E-state index contributed by atoms with van der Waals surface area (Å²) >= 11 is 0. The number of allylic oxidation sites excluding steroid dienone is 6. The highest BCUT2D eigenvalue weighted by Gasteiger charge is 2.17. The third-order valence-electron chi connectivity index (χ3n) is 2.15. The number of rotatable bonds is 2. The van der Waals surface area contributed by atoms with E-state index in [0.29, 0.717) is 0 Å². The minimum Gasteiger partial charge on any atom is -0.255 e. The molecule has 1 aliphatic carbocycles. The Bertz CT molecular complexity index is 443. The Kier molecular flexibility index (Phi) is 4.40. The van der Waals surface area contributed by atoms with Crippen LogP contribution in [0.4, 0.5) is 0 Å². The van der Waals surface area contributed by atoms with Crippen LogP contribution in [-0.4, -0.2) is 11.4 Å². The monoisotopic (exact) mass is 212 g/mol. The average molecular weight is 212 g/mol. The highest BCUT2D eigenvalue weighted by Crippen LogP contribution is 2.16. The molecule has 0 unspecified atom stereocenters. The third-order valence-corrected chi connectivity index (χ3v) is 2.15. The van der Waals surface area contributed by atoms with Gasteiger partial charge in [0.05, 0.1) is 11.4 Å². The van der Waals surface area contributed by atoms with Crippen LogP contribution in [0.15, 0.2) is 71.0 Å². The Morgan fingerprint density at radius 2 is 1.88 bits per heavy atom. The van der Waals surface area contributed by atoms with E-state index in [1.54, 1.807) is 6.20 Å². The molecule has 0 heterocycles. The third kappa shape index (κ3) is 2.54. The molecule has 0 aromatic rings. The molecule has 0 fully saturated rings. The van der Waals surface area contributed by atoms with E-state index in [-0.39, 0.29) is 0 Å². The minimum absolute atomic E-state index is 0.781. The van der Waals surface area contributed by atoms with Crippen LogP contribution >= 0.6 is 0 Å². The maximum atomic E-state index is 4.38. The second-order valence-electron chi connectivity index (χ2n) is 3.22. The van der Waals surface area contributed by atoms with Crippen LogP contribution in [0.2, 0.25) is 0 Å². The highest BCUT2D eigenvalue weighted by atomic mass is 14.8. The van der Waals surface area contributed by atoms with Gasteiger partial charge in [0.15, 0.2) is 0 Å². The van der Waals surface area contributed by atoms with Gasteiger partial charge in [0.1, 0.15) is 0 Å². The standard InChI is InChI=1S/C14H16N2/c1-5-10-16-14-12(6-2)9-8-11(4)13(14)15-7-3/h5-10H,3-4H2,1-2H3/b10-5-,12-6-,15-13?,16-14+. The van der Waals surface area contributed by atoms with E-state index >= 15 is 0 Å². The maximum absolute atomic E-state index is 4.38. The zero-order chi connectivity index (χ0) is 12.0. The lowest BCUT2D eigenvalue weighted by Gasteiger charge is -2.15. The normalized spacial score (nSPS) is 23.9. The summed E-state index contributed by atoms with van der Waals surface area (Å²) in [7, 11) is 0. The molecule has 0 spiro atoms. The molecule has 0 aromatic carbocycles. The lowest BCUT2D eigenvalue weighted by Crippen LogP contribution is -2.20. The Morgan fingerprint density at radius 3 is 2.44 bits per heavy atom. The number of hydrogen-bond donors (Lipinski definition) is 0. The summed E-state index contributed by atoms with van der Waals surface area (Å²) < 4.78 is 0. The average Bonchev–Trinajstić information content (AvgIpc) is 2.30. The van der Waals surface area contributed by atoms with E-state index in [2.05, 4.69) is 23.1 Å². The summed E-state index contributed by atoms with van der Waals surface area (Å²) in [6.45, 7) is 11.5. The summed E-state index contributed by atoms with van der Waals surface area (Å²) in [5.74, 6) is 0. The Morgan fingerprint density at radius 1 is 1.12 bits per heavy atom. The fourth-order valence-corrected chi connectivity index (χ4v) is 1.39. The van der Waals surface area contributed by atoms with Crippen LogP contribution in [0.3, 0.4) is 0 Å². The van der Waals surface area contributed by atoms with Gasteiger partial charge >= 0.3 is 0 Å². The SMILES string of the molecule is C=CN=C1C(=C)C=CC(=C/C)/C1=N\C=C/C. The van der Waals surface area contributed by atoms with Gasteiger partial charge in [-0.2, -0.15) is 0 Å². The van der Waals surface area contributed by atoms with Crippen molar-refractivity contribution < 1.29 is 0 Å². The van der Waals surface area contributed by atoms with Gasteiger partial charge in [0.25, 0.3) is 0 Å². The molecule has 2 heteroatoms. The van der Waals surface area contributed by atoms with Gasteiger partial charge in [0.2, 0.25) is 0 Å². The van der Waals surface area contributed by atoms with Crippen LogP contribution in [-0.2, 0) is 0 Å². The van der Waals surface area contributed by atoms with Crippen molar-refractivity contribution in [2.45, 2.75) is 13.8 Å². The van der Waals surface area contributed by atoms with Gasteiger partial charge in [-0.05, 0) is 25.0 Å². The zero-order valence-electron chi connectivity index (χ0n) is 9.77. The van der Waals surface area contributed by atoms with Crippen LogP contribution < -0.4 is 0 Å². The fourth-order valence-electron chi connectivity index (χ4n) is 1.39. The number of nitrogens with zero attached hydrogens (tertiary/aromatic N) is 2. The van der Waals surface area contributed by atoms with E-state index in [1.807, 2.05) is 38.2 Å². The molecule has 0 aliphatic heterocycles. The molecule has 0 radical (unpaired) electrons. The van der Waals surface area contributed by atoms with Crippen molar-refractivity contribution in [2.24, 2.45) is 9.98 Å². The smallest absolute Gasteiger partial charge is 0.0960 e. The molecule has 2 nitrogen and oxygen atoms in total. The van der Waals surface area contributed by atoms with Crippen molar-refractivity contribution >= 4 is 11.4 Å². The summed E-state index contributed by atoms with van der Waals surface area (Å²) in [5, 5.41) is 0. The molecule has 0 aromatic heterocycles. The first-order chi connectivity index (χ1) is 7.74. The van der Waals surface area contributed by atoms with Gasteiger partial charge in [0, 0.05) is 12.4 Å². The molecular formula is C14H16N2. The van der Waals surface area contributed by atoms with Crippen LogP contribution in [0.25, 0.3) is 0 Å². The topological polar surface area (TPSA) is 24.7 Å². The number of hydrogen-bond acceptors (Lipinski definition) is 2. The quantitative estimate of drug-likeness (QED) is 0.668. The van der Waals surface area contributed by atoms with Gasteiger partial charge in [-0.3, -0.25) is 9.98 Å². The molecule has 0 atom stereocenters. The first-order valence-electron chi connectivity index (χ1n) is 5.16. The Hall–Kier alpha value is -1.96. The van der Waals surface area contributed by atoms with Crippen molar-refractivity contribution in [2.75, 3.05) is 0 Å².